The molecule has 0 amide bonds. The standard InChI is InChI=1S/C11H10O2S2/c1-2-13-11(12)9-5-10(15-7-9)8-3-4-14-6-8/h3-7H,2H2,1H3. The van der Waals surface area contributed by atoms with Crippen LogP contribution in [-0.2, 0) is 4.74 Å². The van der Waals surface area contributed by atoms with Crippen molar-refractivity contribution in [3.8, 4) is 10.4 Å². The van der Waals surface area contributed by atoms with Gasteiger partial charge in [-0.1, -0.05) is 0 Å². The second kappa shape index (κ2) is 4.59. The van der Waals surface area contributed by atoms with E-state index in [4.69, 9.17) is 4.74 Å². The third kappa shape index (κ3) is 2.27. The number of thiophene rings is 2. The zero-order valence-corrected chi connectivity index (χ0v) is 9.86. The maximum Gasteiger partial charge on any atom is 0.338 e. The van der Waals surface area contributed by atoms with E-state index in [0.717, 1.165) is 4.88 Å². The molecule has 0 fully saturated rings. The Morgan fingerprint density at radius 1 is 1.47 bits per heavy atom. The Morgan fingerprint density at radius 2 is 2.33 bits per heavy atom. The highest BCUT2D eigenvalue weighted by atomic mass is 32.1. The first-order valence-corrected chi connectivity index (χ1v) is 6.41. The van der Waals surface area contributed by atoms with Gasteiger partial charge in [0.15, 0.2) is 0 Å². The van der Waals surface area contributed by atoms with Gasteiger partial charge in [-0.15, -0.1) is 11.3 Å². The fourth-order valence-electron chi connectivity index (χ4n) is 1.21. The van der Waals surface area contributed by atoms with Crippen molar-refractivity contribution >= 4 is 28.6 Å². The molecule has 0 aliphatic carbocycles. The maximum atomic E-state index is 11.4. The van der Waals surface area contributed by atoms with E-state index in [0.29, 0.717) is 12.2 Å². The highest BCUT2D eigenvalue weighted by molar-refractivity contribution is 7.14. The molecule has 0 aromatic carbocycles. The van der Waals surface area contributed by atoms with Crippen molar-refractivity contribution in [3.05, 3.63) is 33.8 Å². The number of ether oxygens (including phenoxy) is 1. The zero-order chi connectivity index (χ0) is 10.7. The van der Waals surface area contributed by atoms with E-state index in [-0.39, 0.29) is 5.97 Å². The first-order valence-electron chi connectivity index (χ1n) is 4.59. The minimum atomic E-state index is -0.241. The van der Waals surface area contributed by atoms with Crippen LogP contribution in [0.15, 0.2) is 28.3 Å². The first kappa shape index (κ1) is 10.4. The fraction of sp³-hybridized carbons (Fsp3) is 0.182. The molecule has 15 heavy (non-hydrogen) atoms. The molecule has 0 unspecified atom stereocenters. The summed E-state index contributed by atoms with van der Waals surface area (Å²) in [6.07, 6.45) is 0. The second-order valence-electron chi connectivity index (χ2n) is 2.93. The molecule has 2 nitrogen and oxygen atoms in total. The minimum Gasteiger partial charge on any atom is -0.462 e. The van der Waals surface area contributed by atoms with Crippen LogP contribution in [0.5, 0.6) is 0 Å². The van der Waals surface area contributed by atoms with Crippen molar-refractivity contribution in [2.24, 2.45) is 0 Å². The quantitative estimate of drug-likeness (QED) is 0.763. The Morgan fingerprint density at radius 3 is 3.00 bits per heavy atom. The summed E-state index contributed by atoms with van der Waals surface area (Å²) >= 11 is 3.22. The van der Waals surface area contributed by atoms with Crippen LogP contribution in [0.3, 0.4) is 0 Å². The lowest BCUT2D eigenvalue weighted by molar-refractivity contribution is 0.0527. The molecule has 0 bridgehead atoms. The van der Waals surface area contributed by atoms with Crippen LogP contribution in [0.1, 0.15) is 17.3 Å². The normalized spacial score (nSPS) is 10.2. The maximum absolute atomic E-state index is 11.4. The third-order valence-corrected chi connectivity index (χ3v) is 3.58. The van der Waals surface area contributed by atoms with E-state index in [9.17, 15) is 4.79 Å². The van der Waals surface area contributed by atoms with Crippen LogP contribution in [-0.4, -0.2) is 12.6 Å². The SMILES string of the molecule is CCOC(=O)c1csc(-c2ccsc2)c1. The molecule has 0 atom stereocenters. The van der Waals surface area contributed by atoms with Crippen molar-refractivity contribution < 1.29 is 9.53 Å². The van der Waals surface area contributed by atoms with Gasteiger partial charge in [-0.05, 0) is 29.8 Å². The summed E-state index contributed by atoms with van der Waals surface area (Å²) in [6.45, 7) is 2.23. The second-order valence-corrected chi connectivity index (χ2v) is 4.62. The van der Waals surface area contributed by atoms with Crippen molar-refractivity contribution in [1.29, 1.82) is 0 Å². The molecule has 2 heterocycles. The summed E-state index contributed by atoms with van der Waals surface area (Å²) < 4.78 is 4.93. The van der Waals surface area contributed by atoms with Crippen molar-refractivity contribution in [2.45, 2.75) is 6.92 Å². The monoisotopic (exact) mass is 238 g/mol. The van der Waals surface area contributed by atoms with Gasteiger partial charge in [0.05, 0.1) is 12.2 Å². The van der Waals surface area contributed by atoms with Gasteiger partial charge in [0, 0.05) is 15.8 Å². The van der Waals surface area contributed by atoms with Gasteiger partial charge in [-0.2, -0.15) is 11.3 Å². The van der Waals surface area contributed by atoms with Gasteiger partial charge in [-0.3, -0.25) is 0 Å². The molecule has 0 aliphatic heterocycles. The number of carbonyl (C=O) groups is 1. The van der Waals surface area contributed by atoms with E-state index >= 15 is 0 Å². The van der Waals surface area contributed by atoms with Crippen LogP contribution in [0.25, 0.3) is 10.4 Å². The summed E-state index contributed by atoms with van der Waals surface area (Å²) in [7, 11) is 0. The molecule has 0 aliphatic rings. The van der Waals surface area contributed by atoms with Crippen LogP contribution in [0.4, 0.5) is 0 Å². The lowest BCUT2D eigenvalue weighted by Gasteiger charge is -1.96. The average molecular weight is 238 g/mol. The van der Waals surface area contributed by atoms with E-state index in [1.165, 1.54) is 5.56 Å². The highest BCUT2D eigenvalue weighted by Crippen LogP contribution is 2.29. The molecule has 2 rings (SSSR count). The van der Waals surface area contributed by atoms with Crippen molar-refractivity contribution in [3.63, 3.8) is 0 Å². The van der Waals surface area contributed by atoms with Gasteiger partial charge in [0.1, 0.15) is 0 Å². The zero-order valence-electron chi connectivity index (χ0n) is 8.23. The van der Waals surface area contributed by atoms with Crippen LogP contribution in [0.2, 0.25) is 0 Å². The fourth-order valence-corrected chi connectivity index (χ4v) is 2.82. The van der Waals surface area contributed by atoms with Crippen LogP contribution in [0, 0.1) is 0 Å². The predicted octanol–water partition coefficient (Wildman–Crippen LogP) is 3.65. The molecule has 2 aromatic heterocycles. The first-order chi connectivity index (χ1) is 7.31. The van der Waals surface area contributed by atoms with Crippen molar-refractivity contribution in [1.82, 2.24) is 0 Å². The summed E-state index contributed by atoms with van der Waals surface area (Å²) in [5.41, 5.74) is 1.81. The van der Waals surface area contributed by atoms with Crippen LogP contribution < -0.4 is 0 Å². The molecule has 2 aromatic rings. The smallest absolute Gasteiger partial charge is 0.338 e. The van der Waals surface area contributed by atoms with E-state index in [1.807, 2.05) is 29.8 Å². The summed E-state index contributed by atoms with van der Waals surface area (Å²) in [6, 6.07) is 3.93. The van der Waals surface area contributed by atoms with E-state index in [1.54, 1.807) is 22.7 Å². The van der Waals surface area contributed by atoms with E-state index in [2.05, 4.69) is 5.38 Å². The number of rotatable bonds is 3. The molecule has 0 N–H and O–H groups in total. The van der Waals surface area contributed by atoms with Gasteiger partial charge in [-0.25, -0.2) is 4.79 Å². The van der Waals surface area contributed by atoms with Gasteiger partial charge in [0.25, 0.3) is 0 Å². The Balaban J connectivity index is 2.21. The van der Waals surface area contributed by atoms with Gasteiger partial charge < -0.3 is 4.74 Å². The minimum absolute atomic E-state index is 0.241. The molecule has 0 saturated carbocycles. The third-order valence-electron chi connectivity index (χ3n) is 1.92. The van der Waals surface area contributed by atoms with Gasteiger partial charge in [0.2, 0.25) is 0 Å². The highest BCUT2D eigenvalue weighted by Gasteiger charge is 2.10. The number of hydrogen-bond acceptors (Lipinski definition) is 4. The molecule has 78 valence electrons. The summed E-state index contributed by atoms with van der Waals surface area (Å²) in [5, 5.41) is 5.94. The number of hydrogen-bond donors (Lipinski definition) is 0. The largest absolute Gasteiger partial charge is 0.462 e. The molecule has 0 radical (unpaired) electrons. The lowest BCUT2D eigenvalue weighted by Crippen LogP contribution is -2.02. The van der Waals surface area contributed by atoms with Crippen LogP contribution >= 0.6 is 22.7 Å². The molecule has 4 heteroatoms. The number of carbonyl (C=O) groups excluding carboxylic acids is 1. The Hall–Kier alpha value is -1.13. The molecule has 0 saturated heterocycles. The molecular formula is C11H10O2S2. The Labute approximate surface area is 96.1 Å². The average Bonchev–Trinajstić information content (AvgIpc) is 2.89. The Bertz CT molecular complexity index is 443. The summed E-state index contributed by atoms with van der Waals surface area (Å²) in [5.74, 6) is -0.241. The topological polar surface area (TPSA) is 26.3 Å². The number of esters is 1. The predicted molar refractivity (Wildman–Crippen MR) is 63.6 cm³/mol. The molecule has 0 spiro atoms. The lowest BCUT2D eigenvalue weighted by atomic mass is 10.2. The molecular weight excluding hydrogens is 228 g/mol. The Kier molecular flexibility index (Phi) is 3.18. The van der Waals surface area contributed by atoms with Crippen molar-refractivity contribution in [2.75, 3.05) is 6.61 Å². The summed E-state index contributed by atoms with van der Waals surface area (Å²) in [4.78, 5) is 12.5. The van der Waals surface area contributed by atoms with E-state index < -0.39 is 0 Å². The van der Waals surface area contributed by atoms with Gasteiger partial charge >= 0.3 is 5.97 Å².